The number of carboxylic acids is 1. The van der Waals surface area contributed by atoms with E-state index in [1.807, 2.05) is 0 Å². The Morgan fingerprint density at radius 2 is 1.64 bits per heavy atom. The van der Waals surface area contributed by atoms with E-state index in [-0.39, 0.29) is 58.6 Å². The molecule has 0 aliphatic rings. The number of benzene rings is 1. The first-order chi connectivity index (χ1) is 12.8. The number of ether oxygens (including phenoxy) is 1. The Balaban J connectivity index is 0. The first kappa shape index (κ1) is 27.7. The number of hydrogen-bond donors (Lipinski definition) is 2. The molecule has 0 aliphatic carbocycles. The van der Waals surface area contributed by atoms with Crippen LogP contribution in [0.4, 0.5) is 0 Å². The van der Waals surface area contributed by atoms with E-state index in [2.05, 4.69) is 6.92 Å². The molecule has 154 valence electrons. The van der Waals surface area contributed by atoms with E-state index in [1.165, 1.54) is 31.7 Å². The van der Waals surface area contributed by atoms with Gasteiger partial charge >= 0.3 is 63.3 Å². The zero-order chi connectivity index (χ0) is 20.3. The van der Waals surface area contributed by atoms with Crippen LogP contribution >= 0.6 is 0 Å². The van der Waals surface area contributed by atoms with Gasteiger partial charge in [0, 0.05) is 0 Å². The summed E-state index contributed by atoms with van der Waals surface area (Å²) in [6.07, 6.45) is 7.53. The van der Waals surface area contributed by atoms with Crippen LogP contribution in [-0.4, -0.2) is 35.3 Å². The third-order valence-electron chi connectivity index (χ3n) is 4.22. The van der Waals surface area contributed by atoms with Crippen LogP contribution in [0, 0.1) is 0 Å². The van der Waals surface area contributed by atoms with Crippen molar-refractivity contribution in [3.8, 4) is 5.75 Å². The summed E-state index contributed by atoms with van der Waals surface area (Å²) in [7, 11) is -4.88. The molecule has 0 heterocycles. The number of para-hydroxylation sites is 1. The number of carbonyl (C=O) groups excluding carboxylic acids is 1. The van der Waals surface area contributed by atoms with Crippen LogP contribution in [0.15, 0.2) is 24.3 Å². The van der Waals surface area contributed by atoms with Gasteiger partial charge in [-0.3, -0.25) is 14.1 Å². The number of esters is 1. The van der Waals surface area contributed by atoms with Crippen molar-refractivity contribution in [3.63, 3.8) is 0 Å². The molecular weight excluding hydrogens is 411 g/mol. The fraction of sp³-hybridized carbons (Fsp3) is 0.579. The summed E-state index contributed by atoms with van der Waals surface area (Å²) >= 11 is 0. The maximum Gasteiger partial charge on any atom is 1.00 e. The monoisotopic (exact) mass is 440 g/mol. The quantitative estimate of drug-likeness (QED) is 0.153. The number of aliphatic carboxylic acids is 1. The van der Waals surface area contributed by atoms with Gasteiger partial charge in [0.2, 0.25) is 0 Å². The predicted molar refractivity (Wildman–Crippen MR) is 102 cm³/mol. The third kappa shape index (κ3) is 11.0. The van der Waals surface area contributed by atoms with Crippen LogP contribution in [0.25, 0.3) is 0 Å². The molecular formula is C19H29KO7S. The Morgan fingerprint density at radius 3 is 2.21 bits per heavy atom. The first-order valence-corrected chi connectivity index (χ1v) is 10.7. The van der Waals surface area contributed by atoms with Gasteiger partial charge in [0.25, 0.3) is 10.1 Å². The summed E-state index contributed by atoms with van der Waals surface area (Å²) in [5.41, 5.74) is 0.740. The van der Waals surface area contributed by atoms with Crippen LogP contribution in [0.3, 0.4) is 0 Å². The Morgan fingerprint density at radius 1 is 1.07 bits per heavy atom. The van der Waals surface area contributed by atoms with Crippen molar-refractivity contribution >= 4 is 22.1 Å². The van der Waals surface area contributed by atoms with Gasteiger partial charge in [-0.1, -0.05) is 63.6 Å². The zero-order valence-electron chi connectivity index (χ0n) is 17.6. The minimum absolute atomic E-state index is 0. The van der Waals surface area contributed by atoms with E-state index in [0.717, 1.165) is 24.8 Å². The molecule has 0 spiro atoms. The largest absolute Gasteiger partial charge is 1.00 e. The number of unbranched alkanes of at least 4 members (excludes halogenated alkanes) is 6. The summed E-state index contributed by atoms with van der Waals surface area (Å²) < 4.78 is 36.8. The van der Waals surface area contributed by atoms with Gasteiger partial charge in [-0.2, -0.15) is 8.42 Å². The van der Waals surface area contributed by atoms with Gasteiger partial charge in [-0.25, -0.2) is 0 Å². The third-order valence-corrected chi connectivity index (χ3v) is 5.29. The molecule has 0 bridgehead atoms. The van der Waals surface area contributed by atoms with Crippen LogP contribution < -0.4 is 56.1 Å². The van der Waals surface area contributed by atoms with Gasteiger partial charge in [0.05, 0.1) is 6.42 Å². The average molecular weight is 441 g/mol. The molecule has 0 saturated carbocycles. The minimum Gasteiger partial charge on any atom is -1.00 e. The Labute approximate surface area is 210 Å². The summed E-state index contributed by atoms with van der Waals surface area (Å²) in [6, 6.07) is 6.72. The van der Waals surface area contributed by atoms with Gasteiger partial charge in [0.1, 0.15) is 5.75 Å². The molecule has 0 amide bonds. The Bertz CT molecular complexity index is 725. The fourth-order valence-electron chi connectivity index (χ4n) is 2.73. The van der Waals surface area contributed by atoms with E-state index in [1.54, 1.807) is 18.2 Å². The van der Waals surface area contributed by atoms with Crippen LogP contribution in [-0.2, 0) is 26.1 Å². The summed E-state index contributed by atoms with van der Waals surface area (Å²) in [5, 5.41) is 6.60. The molecule has 0 radical (unpaired) electrons. The standard InChI is InChI=1S/C19H28O7S.K.H/c1-2-3-4-5-6-7-8-11-15-12-9-10-13-16(15)26-19(22)17(14-18(20)21)27(23,24)25;;/h9-10,12-13,17H,2-8,11,14H2,1H3,(H,20,21)(H,23,24,25);;/q;+1;-1. The molecule has 1 aromatic rings. The van der Waals surface area contributed by atoms with Gasteiger partial charge in [-0.05, 0) is 24.5 Å². The van der Waals surface area contributed by atoms with E-state index in [9.17, 15) is 18.0 Å². The number of rotatable bonds is 13. The molecule has 1 rings (SSSR count). The molecule has 0 aliphatic heterocycles. The van der Waals surface area contributed by atoms with Crippen molar-refractivity contribution in [2.45, 2.75) is 70.0 Å². The second-order valence-corrected chi connectivity index (χ2v) is 8.10. The van der Waals surface area contributed by atoms with Crippen molar-refractivity contribution in [1.82, 2.24) is 0 Å². The van der Waals surface area contributed by atoms with E-state index in [4.69, 9.17) is 14.4 Å². The van der Waals surface area contributed by atoms with Crippen LogP contribution in [0.5, 0.6) is 5.75 Å². The minimum atomic E-state index is -4.88. The Hall–Kier alpha value is -0.294. The van der Waals surface area contributed by atoms with E-state index >= 15 is 0 Å². The van der Waals surface area contributed by atoms with Crippen molar-refractivity contribution < 1.29 is 85.2 Å². The molecule has 7 nitrogen and oxygen atoms in total. The normalized spacial score (nSPS) is 12.1. The SMILES string of the molecule is CCCCCCCCCc1ccccc1OC(=O)C(CC(=O)O)S(=O)(=O)O.[H-].[K+]. The second-order valence-electron chi connectivity index (χ2n) is 6.50. The number of carbonyl (C=O) groups is 2. The molecule has 1 unspecified atom stereocenters. The van der Waals surface area contributed by atoms with Crippen molar-refractivity contribution in [2.75, 3.05) is 0 Å². The number of carboxylic acid groups (broad SMARTS) is 1. The maximum absolute atomic E-state index is 12.1. The molecule has 0 saturated heterocycles. The van der Waals surface area contributed by atoms with Gasteiger partial charge < -0.3 is 11.3 Å². The summed E-state index contributed by atoms with van der Waals surface area (Å²) in [6.45, 7) is 2.17. The van der Waals surface area contributed by atoms with Crippen LogP contribution in [0.1, 0.15) is 65.3 Å². The fourth-order valence-corrected chi connectivity index (χ4v) is 3.37. The molecule has 28 heavy (non-hydrogen) atoms. The second kappa shape index (κ2) is 14.7. The molecule has 1 atom stereocenters. The zero-order valence-corrected chi connectivity index (χ0v) is 20.5. The van der Waals surface area contributed by atoms with Gasteiger partial charge in [-0.15, -0.1) is 0 Å². The average Bonchev–Trinajstić information content (AvgIpc) is 2.59. The first-order valence-electron chi connectivity index (χ1n) is 9.23. The number of hydrogen-bond acceptors (Lipinski definition) is 5. The predicted octanol–water partition coefficient (Wildman–Crippen LogP) is 0.733. The molecule has 2 N–H and O–H groups in total. The smallest absolute Gasteiger partial charge is 1.00 e. The molecule has 0 aromatic heterocycles. The molecule has 0 fully saturated rings. The Kier molecular flexibility index (Phi) is 14.5. The topological polar surface area (TPSA) is 118 Å². The molecule has 1 aromatic carbocycles. The van der Waals surface area contributed by atoms with Crippen molar-refractivity contribution in [3.05, 3.63) is 29.8 Å². The van der Waals surface area contributed by atoms with Crippen molar-refractivity contribution in [2.24, 2.45) is 0 Å². The van der Waals surface area contributed by atoms with E-state index < -0.39 is 33.7 Å². The van der Waals surface area contributed by atoms with Crippen LogP contribution in [0.2, 0.25) is 0 Å². The number of aryl methyl sites for hydroxylation is 1. The molecule has 9 heteroatoms. The van der Waals surface area contributed by atoms with Crippen molar-refractivity contribution in [1.29, 1.82) is 0 Å². The summed E-state index contributed by atoms with van der Waals surface area (Å²) in [5.74, 6) is -2.63. The van der Waals surface area contributed by atoms with E-state index in [0.29, 0.717) is 6.42 Å². The summed E-state index contributed by atoms with van der Waals surface area (Å²) in [4.78, 5) is 22.9. The maximum atomic E-state index is 12.1. The van der Waals surface area contributed by atoms with Gasteiger partial charge in [0.15, 0.2) is 5.25 Å².